The van der Waals surface area contributed by atoms with Crippen LogP contribution in [0.3, 0.4) is 0 Å². The first-order chi connectivity index (χ1) is 9.59. The summed E-state index contributed by atoms with van der Waals surface area (Å²) in [6.45, 7) is 2.06. The maximum Gasteiger partial charge on any atom is 0.339 e. The fraction of sp³-hybridized carbons (Fsp3) is 0.231. The summed E-state index contributed by atoms with van der Waals surface area (Å²) in [6.07, 6.45) is 2.97. The molecule has 0 aliphatic carbocycles. The van der Waals surface area contributed by atoms with Crippen molar-refractivity contribution < 1.29 is 14.5 Å². The first kappa shape index (κ1) is 13.7. The molecular formula is C13H13N3O4. The molecule has 2 aromatic rings. The maximum atomic E-state index is 11.7. The van der Waals surface area contributed by atoms with Gasteiger partial charge in [0.05, 0.1) is 5.56 Å². The van der Waals surface area contributed by atoms with Gasteiger partial charge in [-0.1, -0.05) is 0 Å². The summed E-state index contributed by atoms with van der Waals surface area (Å²) in [5.74, 6) is -0.509. The number of nitrogens with zero attached hydrogens (tertiary/aromatic N) is 3. The largest absolute Gasteiger partial charge is 0.458 e. The quantitative estimate of drug-likeness (QED) is 0.473. The van der Waals surface area contributed by atoms with Gasteiger partial charge in [0.15, 0.2) is 0 Å². The number of hydrogen-bond acceptors (Lipinski definition) is 5. The molecule has 0 N–H and O–H groups in total. The third-order valence-corrected chi connectivity index (χ3v) is 2.81. The van der Waals surface area contributed by atoms with Gasteiger partial charge in [-0.2, -0.15) is 0 Å². The van der Waals surface area contributed by atoms with Gasteiger partial charge in [0, 0.05) is 18.5 Å². The average Bonchev–Trinajstić information content (AvgIpc) is 2.81. The van der Waals surface area contributed by atoms with Crippen LogP contribution in [-0.4, -0.2) is 27.1 Å². The summed E-state index contributed by atoms with van der Waals surface area (Å²) < 4.78 is 6.57. The van der Waals surface area contributed by atoms with E-state index in [0.717, 1.165) is 5.69 Å². The number of rotatable bonds is 5. The van der Waals surface area contributed by atoms with E-state index in [4.69, 9.17) is 4.74 Å². The van der Waals surface area contributed by atoms with Gasteiger partial charge in [-0.05, 0) is 30.0 Å². The van der Waals surface area contributed by atoms with E-state index in [-0.39, 0.29) is 19.0 Å². The fourth-order valence-electron chi connectivity index (χ4n) is 1.80. The van der Waals surface area contributed by atoms with Crippen LogP contribution >= 0.6 is 0 Å². The lowest BCUT2D eigenvalue weighted by Crippen LogP contribution is -2.13. The molecule has 0 bridgehead atoms. The molecule has 0 aromatic carbocycles. The Balaban J connectivity index is 1.95. The highest BCUT2D eigenvalue weighted by molar-refractivity contribution is 5.88. The summed E-state index contributed by atoms with van der Waals surface area (Å²) in [5, 5.41) is 10.8. The van der Waals surface area contributed by atoms with E-state index in [1.807, 2.05) is 0 Å². The van der Waals surface area contributed by atoms with E-state index in [2.05, 4.69) is 4.98 Å². The molecule has 7 nitrogen and oxygen atoms in total. The van der Waals surface area contributed by atoms with Crippen LogP contribution in [0.2, 0.25) is 0 Å². The van der Waals surface area contributed by atoms with Gasteiger partial charge < -0.3 is 14.9 Å². The van der Waals surface area contributed by atoms with Gasteiger partial charge >= 0.3 is 11.8 Å². The molecule has 0 fully saturated rings. The predicted molar refractivity (Wildman–Crippen MR) is 70.3 cm³/mol. The number of aryl methyl sites for hydroxylation is 1. The van der Waals surface area contributed by atoms with Gasteiger partial charge in [0.2, 0.25) is 0 Å². The van der Waals surface area contributed by atoms with Crippen molar-refractivity contribution in [3.05, 3.63) is 58.0 Å². The van der Waals surface area contributed by atoms with Gasteiger partial charge in [-0.15, -0.1) is 0 Å². The molecule has 0 amide bonds. The first-order valence-electron chi connectivity index (χ1n) is 5.97. The van der Waals surface area contributed by atoms with E-state index in [1.54, 1.807) is 31.3 Å². The monoisotopic (exact) mass is 275 g/mol. The van der Waals surface area contributed by atoms with Crippen LogP contribution in [0.5, 0.6) is 0 Å². The van der Waals surface area contributed by atoms with E-state index < -0.39 is 10.9 Å². The van der Waals surface area contributed by atoms with Crippen LogP contribution in [-0.2, 0) is 11.3 Å². The Labute approximate surface area is 115 Å². The summed E-state index contributed by atoms with van der Waals surface area (Å²) in [5.41, 5.74) is 1.10. The van der Waals surface area contributed by atoms with Crippen molar-refractivity contribution in [2.45, 2.75) is 13.5 Å². The van der Waals surface area contributed by atoms with Crippen molar-refractivity contribution in [3.63, 3.8) is 0 Å². The Morgan fingerprint density at radius 3 is 2.90 bits per heavy atom. The molecule has 0 aliphatic rings. The minimum Gasteiger partial charge on any atom is -0.458 e. The number of aromatic nitrogens is 2. The molecule has 0 radical (unpaired) electrons. The topological polar surface area (TPSA) is 87.3 Å². The van der Waals surface area contributed by atoms with E-state index in [9.17, 15) is 14.9 Å². The molecular weight excluding hydrogens is 262 g/mol. The smallest absolute Gasteiger partial charge is 0.339 e. The standard InChI is InChI=1S/C13H13N3O4/c1-10-4-5-12(16(18)19)15(10)7-8-20-13(17)11-3-2-6-14-9-11/h2-6,9H,7-8H2,1H3. The number of ether oxygens (including phenoxy) is 1. The lowest BCUT2D eigenvalue weighted by atomic mass is 10.3. The minimum atomic E-state index is -0.495. The molecule has 104 valence electrons. The molecule has 0 aliphatic heterocycles. The Morgan fingerprint density at radius 1 is 1.45 bits per heavy atom. The molecule has 0 spiro atoms. The number of carbonyl (C=O) groups is 1. The average molecular weight is 275 g/mol. The van der Waals surface area contributed by atoms with Gasteiger partial charge in [0.25, 0.3) is 0 Å². The van der Waals surface area contributed by atoms with Crippen LogP contribution in [0.25, 0.3) is 0 Å². The Kier molecular flexibility index (Phi) is 4.09. The van der Waals surface area contributed by atoms with E-state index in [1.165, 1.54) is 16.8 Å². The van der Waals surface area contributed by atoms with Crippen LogP contribution in [0.4, 0.5) is 5.82 Å². The highest BCUT2D eigenvalue weighted by atomic mass is 16.6. The second-order valence-corrected chi connectivity index (χ2v) is 4.12. The van der Waals surface area contributed by atoms with Crippen LogP contribution in [0.1, 0.15) is 16.1 Å². The maximum absolute atomic E-state index is 11.7. The Morgan fingerprint density at radius 2 is 2.25 bits per heavy atom. The van der Waals surface area contributed by atoms with Crippen molar-refractivity contribution in [2.24, 2.45) is 0 Å². The summed E-state index contributed by atoms with van der Waals surface area (Å²) >= 11 is 0. The van der Waals surface area contributed by atoms with Gasteiger partial charge in [-0.3, -0.25) is 4.98 Å². The number of carbonyl (C=O) groups excluding carboxylic acids is 1. The van der Waals surface area contributed by atoms with Crippen molar-refractivity contribution in [3.8, 4) is 0 Å². The molecule has 20 heavy (non-hydrogen) atoms. The van der Waals surface area contributed by atoms with E-state index >= 15 is 0 Å². The highest BCUT2D eigenvalue weighted by Gasteiger charge is 2.16. The predicted octanol–water partition coefficient (Wildman–Crippen LogP) is 1.96. The van der Waals surface area contributed by atoms with Crippen molar-refractivity contribution in [2.75, 3.05) is 6.61 Å². The fourth-order valence-corrected chi connectivity index (χ4v) is 1.80. The SMILES string of the molecule is Cc1ccc([N+](=O)[O-])n1CCOC(=O)c1cccnc1. The van der Waals surface area contributed by atoms with Gasteiger partial charge in [0.1, 0.15) is 18.8 Å². The zero-order valence-corrected chi connectivity index (χ0v) is 10.9. The van der Waals surface area contributed by atoms with Crippen LogP contribution < -0.4 is 0 Å². The molecule has 0 saturated heterocycles. The van der Waals surface area contributed by atoms with Gasteiger partial charge in [-0.25, -0.2) is 9.36 Å². The minimum absolute atomic E-state index is 0.0140. The lowest BCUT2D eigenvalue weighted by Gasteiger charge is -2.06. The number of pyridine rings is 1. The zero-order valence-electron chi connectivity index (χ0n) is 10.9. The number of hydrogen-bond donors (Lipinski definition) is 0. The summed E-state index contributed by atoms with van der Waals surface area (Å²) in [7, 11) is 0. The number of nitro groups is 1. The van der Waals surface area contributed by atoms with Crippen molar-refractivity contribution >= 4 is 11.8 Å². The third-order valence-electron chi connectivity index (χ3n) is 2.81. The molecule has 7 heteroatoms. The highest BCUT2D eigenvalue weighted by Crippen LogP contribution is 2.16. The molecule has 2 rings (SSSR count). The van der Waals surface area contributed by atoms with Crippen molar-refractivity contribution in [1.82, 2.24) is 9.55 Å². The molecule has 2 heterocycles. The lowest BCUT2D eigenvalue weighted by molar-refractivity contribution is -0.392. The summed E-state index contributed by atoms with van der Waals surface area (Å²) in [4.78, 5) is 25.9. The molecule has 0 saturated carbocycles. The van der Waals surface area contributed by atoms with Crippen LogP contribution in [0, 0.1) is 17.0 Å². The molecule has 2 aromatic heterocycles. The normalized spacial score (nSPS) is 10.2. The zero-order chi connectivity index (χ0) is 14.5. The Hall–Kier alpha value is -2.70. The van der Waals surface area contributed by atoms with E-state index in [0.29, 0.717) is 5.56 Å². The van der Waals surface area contributed by atoms with Crippen LogP contribution in [0.15, 0.2) is 36.7 Å². The number of esters is 1. The third kappa shape index (κ3) is 3.00. The Bertz CT molecular complexity index is 622. The molecule has 0 atom stereocenters. The first-order valence-corrected chi connectivity index (χ1v) is 5.97. The summed E-state index contributed by atoms with van der Waals surface area (Å²) in [6, 6.07) is 6.32. The second-order valence-electron chi connectivity index (χ2n) is 4.12. The van der Waals surface area contributed by atoms with Crippen molar-refractivity contribution in [1.29, 1.82) is 0 Å². The molecule has 0 unspecified atom stereocenters. The second kappa shape index (κ2) is 5.96.